The van der Waals surface area contributed by atoms with Crippen molar-refractivity contribution in [3.05, 3.63) is 63.1 Å². The largest absolute Gasteiger partial charge is 0.324 e. The van der Waals surface area contributed by atoms with Crippen LogP contribution in [-0.4, -0.2) is 0 Å². The fourth-order valence-corrected chi connectivity index (χ4v) is 3.86. The van der Waals surface area contributed by atoms with Crippen LogP contribution in [0.2, 0.25) is 5.02 Å². The quantitative estimate of drug-likeness (QED) is 0.741. The topological polar surface area (TPSA) is 26.0 Å². The summed E-state index contributed by atoms with van der Waals surface area (Å²) in [5.41, 5.74) is 8.18. The zero-order chi connectivity index (χ0) is 13.8. The van der Waals surface area contributed by atoms with Crippen LogP contribution in [0.1, 0.15) is 24.1 Å². The van der Waals surface area contributed by atoms with Gasteiger partial charge in [0.15, 0.2) is 0 Å². The number of thioether (sulfide) groups is 1. The van der Waals surface area contributed by atoms with E-state index in [1.807, 2.05) is 25.1 Å². The van der Waals surface area contributed by atoms with Gasteiger partial charge in [0.25, 0.3) is 0 Å². The number of rotatable bonds is 4. The number of hydrogen-bond donors (Lipinski definition) is 1. The van der Waals surface area contributed by atoms with Crippen molar-refractivity contribution in [1.29, 1.82) is 0 Å². The first-order chi connectivity index (χ1) is 9.08. The molecule has 0 spiro atoms. The van der Waals surface area contributed by atoms with Crippen molar-refractivity contribution in [2.75, 3.05) is 0 Å². The Morgan fingerprint density at radius 3 is 2.63 bits per heavy atom. The van der Waals surface area contributed by atoms with Crippen LogP contribution < -0.4 is 5.73 Å². The minimum atomic E-state index is 0.0389. The van der Waals surface area contributed by atoms with Crippen molar-refractivity contribution in [3.8, 4) is 0 Å². The summed E-state index contributed by atoms with van der Waals surface area (Å²) < 4.78 is 1.06. The molecule has 19 heavy (non-hydrogen) atoms. The summed E-state index contributed by atoms with van der Waals surface area (Å²) in [5.74, 6) is 0.865. The third-order valence-corrected chi connectivity index (χ3v) is 4.91. The molecule has 4 heteroatoms. The zero-order valence-corrected chi connectivity index (χ0v) is 13.7. The third kappa shape index (κ3) is 3.99. The molecule has 0 aliphatic rings. The van der Waals surface area contributed by atoms with E-state index >= 15 is 0 Å². The summed E-state index contributed by atoms with van der Waals surface area (Å²) in [4.78, 5) is 1.20. The Hall–Kier alpha value is -0.480. The monoisotopic (exact) mass is 355 g/mol. The third-order valence-electron chi connectivity index (χ3n) is 2.81. The van der Waals surface area contributed by atoms with Crippen LogP contribution in [-0.2, 0) is 5.75 Å². The highest BCUT2D eigenvalue weighted by molar-refractivity contribution is 9.10. The SMILES string of the molecule is CC(N)c1ccc(SCc2ccccc2Cl)cc1Br. The summed E-state index contributed by atoms with van der Waals surface area (Å²) in [7, 11) is 0. The maximum absolute atomic E-state index is 6.15. The van der Waals surface area contributed by atoms with Gasteiger partial charge in [0.05, 0.1) is 0 Å². The molecule has 1 nitrogen and oxygen atoms in total. The van der Waals surface area contributed by atoms with Gasteiger partial charge in [-0.15, -0.1) is 11.8 Å². The lowest BCUT2D eigenvalue weighted by Gasteiger charge is -2.10. The standard InChI is InChI=1S/C15H15BrClNS/c1-10(18)13-7-6-12(8-14(13)16)19-9-11-4-2-3-5-15(11)17/h2-8,10H,9,18H2,1H3. The highest BCUT2D eigenvalue weighted by Gasteiger charge is 2.06. The molecule has 100 valence electrons. The maximum atomic E-state index is 6.15. The minimum absolute atomic E-state index is 0.0389. The van der Waals surface area contributed by atoms with Gasteiger partial charge < -0.3 is 5.73 Å². The number of halogens is 2. The van der Waals surface area contributed by atoms with Crippen molar-refractivity contribution >= 4 is 39.3 Å². The molecule has 1 unspecified atom stereocenters. The molecule has 2 N–H and O–H groups in total. The molecule has 0 heterocycles. The lowest BCUT2D eigenvalue weighted by molar-refractivity contribution is 0.811. The molecule has 1 atom stereocenters. The van der Waals surface area contributed by atoms with E-state index in [4.69, 9.17) is 17.3 Å². The van der Waals surface area contributed by atoms with Crippen molar-refractivity contribution in [2.24, 2.45) is 5.73 Å². The molecule has 0 amide bonds. The second-order valence-corrected chi connectivity index (χ2v) is 6.66. The number of benzene rings is 2. The highest BCUT2D eigenvalue weighted by atomic mass is 79.9. The molecule has 0 aromatic heterocycles. The summed E-state index contributed by atoms with van der Waals surface area (Å²) >= 11 is 11.5. The number of nitrogens with two attached hydrogens (primary N) is 1. The van der Waals surface area contributed by atoms with Crippen LogP contribution >= 0.6 is 39.3 Å². The van der Waals surface area contributed by atoms with Crippen LogP contribution in [0.3, 0.4) is 0 Å². The second-order valence-electron chi connectivity index (χ2n) is 4.35. The van der Waals surface area contributed by atoms with Gasteiger partial charge in [0, 0.05) is 26.2 Å². The zero-order valence-electron chi connectivity index (χ0n) is 10.6. The van der Waals surface area contributed by atoms with Gasteiger partial charge in [-0.3, -0.25) is 0 Å². The van der Waals surface area contributed by atoms with Crippen LogP contribution in [0, 0.1) is 0 Å². The Balaban J connectivity index is 2.08. The van der Waals surface area contributed by atoms with E-state index in [2.05, 4.69) is 40.2 Å². The first-order valence-electron chi connectivity index (χ1n) is 5.99. The van der Waals surface area contributed by atoms with E-state index in [1.165, 1.54) is 4.90 Å². The summed E-state index contributed by atoms with van der Waals surface area (Å²) in [6.07, 6.45) is 0. The normalized spacial score (nSPS) is 12.4. The fraction of sp³-hybridized carbons (Fsp3) is 0.200. The lowest BCUT2D eigenvalue weighted by atomic mass is 10.1. The average molecular weight is 357 g/mol. The smallest absolute Gasteiger partial charge is 0.0446 e. The van der Waals surface area contributed by atoms with E-state index in [9.17, 15) is 0 Å². The summed E-state index contributed by atoms with van der Waals surface area (Å²) in [6.45, 7) is 1.98. The molecule has 0 fully saturated rings. The Kier molecular flexibility index (Phi) is 5.34. The van der Waals surface area contributed by atoms with Gasteiger partial charge >= 0.3 is 0 Å². The van der Waals surface area contributed by atoms with Crippen molar-refractivity contribution in [1.82, 2.24) is 0 Å². The Morgan fingerprint density at radius 2 is 2.00 bits per heavy atom. The Bertz CT molecular complexity index is 572. The molecule has 0 aliphatic heterocycles. The molecule has 0 aliphatic carbocycles. The van der Waals surface area contributed by atoms with Gasteiger partial charge in [-0.05, 0) is 36.2 Å². The lowest BCUT2D eigenvalue weighted by Crippen LogP contribution is -2.05. The highest BCUT2D eigenvalue weighted by Crippen LogP contribution is 2.31. The Morgan fingerprint density at radius 1 is 1.26 bits per heavy atom. The van der Waals surface area contributed by atoms with Gasteiger partial charge in [-0.1, -0.05) is 51.8 Å². The first kappa shape index (κ1) is 14.9. The predicted molar refractivity (Wildman–Crippen MR) is 87.8 cm³/mol. The number of hydrogen-bond acceptors (Lipinski definition) is 2. The molecule has 0 bridgehead atoms. The van der Waals surface area contributed by atoms with Crippen LogP contribution in [0.25, 0.3) is 0 Å². The van der Waals surface area contributed by atoms with E-state index in [0.29, 0.717) is 0 Å². The van der Waals surface area contributed by atoms with Crippen LogP contribution in [0.4, 0.5) is 0 Å². The maximum Gasteiger partial charge on any atom is 0.0446 e. The molecule has 2 aromatic carbocycles. The minimum Gasteiger partial charge on any atom is -0.324 e. The molecular weight excluding hydrogens is 342 g/mol. The van der Waals surface area contributed by atoms with E-state index in [1.54, 1.807) is 11.8 Å². The molecule has 0 radical (unpaired) electrons. The molecule has 2 aromatic rings. The molecule has 2 rings (SSSR count). The van der Waals surface area contributed by atoms with Crippen molar-refractivity contribution in [3.63, 3.8) is 0 Å². The van der Waals surface area contributed by atoms with Gasteiger partial charge in [0.2, 0.25) is 0 Å². The van der Waals surface area contributed by atoms with Gasteiger partial charge in [-0.2, -0.15) is 0 Å². The second kappa shape index (κ2) is 6.80. The fourth-order valence-electron chi connectivity index (χ4n) is 1.74. The predicted octanol–water partition coefficient (Wildman–Crippen LogP) is 5.41. The summed E-state index contributed by atoms with van der Waals surface area (Å²) in [6, 6.07) is 14.3. The van der Waals surface area contributed by atoms with E-state index in [0.717, 1.165) is 26.4 Å². The molecular formula is C15H15BrClNS. The van der Waals surface area contributed by atoms with E-state index < -0.39 is 0 Å². The Labute approximate surface area is 131 Å². The van der Waals surface area contributed by atoms with Crippen LogP contribution in [0.15, 0.2) is 51.8 Å². The van der Waals surface area contributed by atoms with Crippen molar-refractivity contribution < 1.29 is 0 Å². The van der Waals surface area contributed by atoms with Crippen molar-refractivity contribution in [2.45, 2.75) is 23.6 Å². The van der Waals surface area contributed by atoms with Crippen LogP contribution in [0.5, 0.6) is 0 Å². The van der Waals surface area contributed by atoms with E-state index in [-0.39, 0.29) is 6.04 Å². The van der Waals surface area contributed by atoms with Gasteiger partial charge in [0.1, 0.15) is 0 Å². The molecule has 0 saturated heterocycles. The average Bonchev–Trinajstić information content (AvgIpc) is 2.37. The molecule has 0 saturated carbocycles. The summed E-state index contributed by atoms with van der Waals surface area (Å²) in [5, 5.41) is 0.821. The van der Waals surface area contributed by atoms with Gasteiger partial charge in [-0.25, -0.2) is 0 Å². The first-order valence-corrected chi connectivity index (χ1v) is 8.15.